The van der Waals surface area contributed by atoms with E-state index in [-0.39, 0.29) is 0 Å². The largest absolute Gasteiger partial charge is 0.338 e. The van der Waals surface area contributed by atoms with Crippen molar-refractivity contribution >= 4 is 39.2 Å². The van der Waals surface area contributed by atoms with E-state index in [4.69, 9.17) is 4.52 Å². The first-order valence-corrected chi connectivity index (χ1v) is 7.98. The maximum atomic E-state index is 5.21. The summed E-state index contributed by atoms with van der Waals surface area (Å²) in [7, 11) is 0. The predicted octanol–water partition coefficient (Wildman–Crippen LogP) is 3.13. The van der Waals surface area contributed by atoms with Gasteiger partial charge in [-0.1, -0.05) is 28.7 Å². The van der Waals surface area contributed by atoms with Crippen LogP contribution in [0.3, 0.4) is 0 Å². The van der Waals surface area contributed by atoms with Crippen LogP contribution in [0, 0.1) is 0 Å². The van der Waals surface area contributed by atoms with E-state index in [1.54, 1.807) is 34.9 Å². The zero-order chi connectivity index (χ0) is 11.5. The number of hydrogen-bond acceptors (Lipinski definition) is 7. The molecule has 0 unspecified atom stereocenters. The Balaban J connectivity index is 1.64. The van der Waals surface area contributed by atoms with Crippen LogP contribution < -0.4 is 0 Å². The average Bonchev–Trinajstić information content (AvgIpc) is 3.09. The van der Waals surface area contributed by atoms with Crippen molar-refractivity contribution in [3.63, 3.8) is 0 Å². The molecule has 3 heterocycles. The number of rotatable bonds is 3. The second kappa shape index (κ2) is 5.24. The molecular formula is C10H9N3OS3. The molecule has 0 saturated carbocycles. The van der Waals surface area contributed by atoms with Gasteiger partial charge in [0.2, 0.25) is 11.7 Å². The van der Waals surface area contributed by atoms with Gasteiger partial charge in [-0.05, 0) is 11.4 Å². The molecule has 0 atom stereocenters. The van der Waals surface area contributed by atoms with E-state index >= 15 is 0 Å². The molecule has 4 nitrogen and oxygen atoms in total. The third-order valence-corrected chi connectivity index (χ3v) is 5.04. The monoisotopic (exact) mass is 283 g/mol. The summed E-state index contributed by atoms with van der Waals surface area (Å²) in [6.45, 7) is 0.928. The van der Waals surface area contributed by atoms with Crippen LogP contribution in [0.2, 0.25) is 0 Å². The van der Waals surface area contributed by atoms with Crippen molar-refractivity contribution in [2.24, 2.45) is 4.99 Å². The van der Waals surface area contributed by atoms with Crippen molar-refractivity contribution in [1.82, 2.24) is 10.1 Å². The first kappa shape index (κ1) is 11.3. The molecule has 3 rings (SSSR count). The molecule has 17 heavy (non-hydrogen) atoms. The Bertz CT molecular complexity index is 521. The minimum atomic E-state index is 0.659. The molecular weight excluding hydrogens is 274 g/mol. The van der Waals surface area contributed by atoms with Gasteiger partial charge >= 0.3 is 0 Å². The third kappa shape index (κ3) is 2.72. The molecule has 0 saturated heterocycles. The van der Waals surface area contributed by atoms with Crippen molar-refractivity contribution in [3.8, 4) is 11.4 Å². The molecule has 0 aliphatic carbocycles. The summed E-state index contributed by atoms with van der Waals surface area (Å²) >= 11 is 5.09. The average molecular weight is 283 g/mol. The molecule has 7 heteroatoms. The molecule has 0 radical (unpaired) electrons. The smallest absolute Gasteiger partial charge is 0.237 e. The van der Waals surface area contributed by atoms with Gasteiger partial charge in [-0.3, -0.25) is 4.99 Å². The molecule has 0 amide bonds. The van der Waals surface area contributed by atoms with Gasteiger partial charge in [0, 0.05) is 16.7 Å². The van der Waals surface area contributed by atoms with E-state index in [0.29, 0.717) is 17.5 Å². The van der Waals surface area contributed by atoms with Crippen LogP contribution in [0.4, 0.5) is 0 Å². The molecule has 0 N–H and O–H groups in total. The summed E-state index contributed by atoms with van der Waals surface area (Å²) < 4.78 is 6.33. The van der Waals surface area contributed by atoms with E-state index in [1.165, 1.54) is 0 Å². The third-order valence-electron chi connectivity index (χ3n) is 2.12. The Morgan fingerprint density at radius 2 is 2.47 bits per heavy atom. The first-order valence-electron chi connectivity index (χ1n) is 5.07. The van der Waals surface area contributed by atoms with Crippen LogP contribution in [-0.2, 0) is 5.75 Å². The van der Waals surface area contributed by atoms with Crippen LogP contribution in [0.15, 0.2) is 26.3 Å². The van der Waals surface area contributed by atoms with Gasteiger partial charge in [-0.25, -0.2) is 0 Å². The van der Waals surface area contributed by atoms with Crippen molar-refractivity contribution < 1.29 is 4.52 Å². The van der Waals surface area contributed by atoms with Crippen LogP contribution in [0.25, 0.3) is 11.4 Å². The van der Waals surface area contributed by atoms with E-state index < -0.39 is 0 Å². The lowest BCUT2D eigenvalue weighted by atomic mass is 10.3. The molecule has 0 bridgehead atoms. The quantitative estimate of drug-likeness (QED) is 0.866. The lowest BCUT2D eigenvalue weighted by Crippen LogP contribution is -1.85. The highest BCUT2D eigenvalue weighted by atomic mass is 32.2. The van der Waals surface area contributed by atoms with Gasteiger partial charge in [0.05, 0.1) is 12.3 Å². The van der Waals surface area contributed by atoms with Crippen LogP contribution in [0.5, 0.6) is 0 Å². The summed E-state index contributed by atoms with van der Waals surface area (Å²) in [6, 6.07) is 1.99. The Morgan fingerprint density at radius 3 is 3.24 bits per heavy atom. The van der Waals surface area contributed by atoms with Crippen LogP contribution in [-0.4, -0.2) is 26.8 Å². The molecule has 2 aromatic rings. The fourth-order valence-corrected chi connectivity index (χ4v) is 3.83. The minimum absolute atomic E-state index is 0.659. The number of thiophene rings is 1. The fourth-order valence-electron chi connectivity index (χ4n) is 1.35. The predicted molar refractivity (Wildman–Crippen MR) is 73.7 cm³/mol. The molecule has 1 aliphatic rings. The topological polar surface area (TPSA) is 51.3 Å². The van der Waals surface area contributed by atoms with Crippen molar-refractivity contribution in [2.45, 2.75) is 5.75 Å². The fraction of sp³-hybridized carbons (Fsp3) is 0.300. The van der Waals surface area contributed by atoms with Crippen LogP contribution in [0.1, 0.15) is 5.89 Å². The van der Waals surface area contributed by atoms with Crippen molar-refractivity contribution in [3.05, 3.63) is 22.7 Å². The van der Waals surface area contributed by atoms with Gasteiger partial charge in [0.25, 0.3) is 0 Å². The summed E-state index contributed by atoms with van der Waals surface area (Å²) in [5, 5.41) is 7.98. The standard InChI is InChI=1S/C10H9N3OS3/c1-3-15-5-7(1)9-12-8(14-13-9)6-17-10-11-2-4-16-10/h1,3,5H,2,4,6H2. The second-order valence-electron chi connectivity index (χ2n) is 3.31. The Hall–Kier alpha value is -0.790. The van der Waals surface area contributed by atoms with Crippen molar-refractivity contribution in [1.29, 1.82) is 0 Å². The number of aliphatic imine (C=N–C) groups is 1. The maximum absolute atomic E-state index is 5.21. The van der Waals surface area contributed by atoms with Gasteiger partial charge in [0.15, 0.2) is 0 Å². The summed E-state index contributed by atoms with van der Waals surface area (Å²) in [4.78, 5) is 8.72. The molecule has 1 aliphatic heterocycles. The lowest BCUT2D eigenvalue weighted by molar-refractivity contribution is 0.392. The van der Waals surface area contributed by atoms with E-state index in [0.717, 1.165) is 22.2 Å². The number of thioether (sulfide) groups is 2. The van der Waals surface area contributed by atoms with E-state index in [9.17, 15) is 0 Å². The first-order chi connectivity index (χ1) is 8.42. The highest BCUT2D eigenvalue weighted by Crippen LogP contribution is 2.26. The lowest BCUT2D eigenvalue weighted by Gasteiger charge is -1.93. The Kier molecular flexibility index (Phi) is 3.49. The molecule has 0 spiro atoms. The summed E-state index contributed by atoms with van der Waals surface area (Å²) in [6.07, 6.45) is 0. The maximum Gasteiger partial charge on any atom is 0.237 e. The Morgan fingerprint density at radius 1 is 1.47 bits per heavy atom. The van der Waals surface area contributed by atoms with Gasteiger partial charge in [-0.2, -0.15) is 16.3 Å². The molecule has 0 aromatic carbocycles. The Labute approximate surface area is 111 Å². The summed E-state index contributed by atoms with van der Waals surface area (Å²) in [5.74, 6) is 3.12. The highest BCUT2D eigenvalue weighted by Gasteiger charge is 2.12. The SMILES string of the molecule is c1cc(-c2noc(CSC3=NCCS3)n2)cs1. The van der Waals surface area contributed by atoms with E-state index in [1.807, 2.05) is 16.8 Å². The van der Waals surface area contributed by atoms with Crippen molar-refractivity contribution in [2.75, 3.05) is 12.3 Å². The minimum Gasteiger partial charge on any atom is -0.338 e. The van der Waals surface area contributed by atoms with E-state index in [2.05, 4.69) is 15.1 Å². The summed E-state index contributed by atoms with van der Waals surface area (Å²) in [5.41, 5.74) is 1.02. The zero-order valence-electron chi connectivity index (χ0n) is 8.83. The number of nitrogens with zero attached hydrogens (tertiary/aromatic N) is 3. The highest BCUT2D eigenvalue weighted by molar-refractivity contribution is 8.38. The van der Waals surface area contributed by atoms with Crippen LogP contribution >= 0.6 is 34.9 Å². The van der Waals surface area contributed by atoms with Gasteiger partial charge in [-0.15, -0.1) is 0 Å². The number of hydrogen-bond donors (Lipinski definition) is 0. The second-order valence-corrected chi connectivity index (χ2v) is 6.39. The molecule has 0 fully saturated rings. The zero-order valence-corrected chi connectivity index (χ0v) is 11.3. The normalized spacial score (nSPS) is 15.2. The van der Waals surface area contributed by atoms with Gasteiger partial charge in [0.1, 0.15) is 4.38 Å². The van der Waals surface area contributed by atoms with Gasteiger partial charge < -0.3 is 4.52 Å². The number of aromatic nitrogens is 2. The molecule has 88 valence electrons. The molecule has 2 aromatic heterocycles.